The first-order chi connectivity index (χ1) is 7.45. The molecule has 0 aliphatic carbocycles. The van der Waals surface area contributed by atoms with Gasteiger partial charge in [0.05, 0.1) is 11.2 Å². The second-order valence-corrected chi connectivity index (χ2v) is 6.04. The fourth-order valence-electron chi connectivity index (χ4n) is 1.06. The van der Waals surface area contributed by atoms with Gasteiger partial charge in [0.15, 0.2) is 5.82 Å². The number of rotatable bonds is 6. The molecule has 0 radical (unpaired) electrons. The molecule has 1 aromatic rings. The van der Waals surface area contributed by atoms with Gasteiger partial charge in [0.2, 0.25) is 5.89 Å². The zero-order valence-electron chi connectivity index (χ0n) is 10.5. The van der Waals surface area contributed by atoms with E-state index >= 15 is 0 Å². The van der Waals surface area contributed by atoms with Crippen LogP contribution in [0, 0.1) is 5.92 Å². The van der Waals surface area contributed by atoms with Crippen molar-refractivity contribution in [3.05, 3.63) is 11.7 Å². The molecule has 0 bridgehead atoms. The predicted octanol–water partition coefficient (Wildman–Crippen LogP) is 2.20. The molecule has 1 rings (SSSR count). The van der Waals surface area contributed by atoms with E-state index in [1.165, 1.54) is 0 Å². The van der Waals surface area contributed by atoms with Crippen LogP contribution in [0.4, 0.5) is 0 Å². The Morgan fingerprint density at radius 1 is 1.44 bits per heavy atom. The standard InChI is InChI=1S/C11H21N3OS/c1-8(2)5-16-6-9-13-10(15-14-9)11(3,4)7-12/h8H,5-7,12H2,1-4H3. The molecule has 0 saturated heterocycles. The molecule has 0 unspecified atom stereocenters. The summed E-state index contributed by atoms with van der Waals surface area (Å²) in [5.41, 5.74) is 5.43. The van der Waals surface area contributed by atoms with Crippen LogP contribution in [-0.4, -0.2) is 22.4 Å². The van der Waals surface area contributed by atoms with Crippen LogP contribution in [0.3, 0.4) is 0 Å². The molecule has 1 heterocycles. The minimum Gasteiger partial charge on any atom is -0.339 e. The topological polar surface area (TPSA) is 64.9 Å². The zero-order chi connectivity index (χ0) is 12.2. The summed E-state index contributed by atoms with van der Waals surface area (Å²) in [6, 6.07) is 0. The average molecular weight is 243 g/mol. The van der Waals surface area contributed by atoms with Crippen molar-refractivity contribution >= 4 is 11.8 Å². The number of hydrogen-bond acceptors (Lipinski definition) is 5. The number of nitrogens with zero attached hydrogens (tertiary/aromatic N) is 2. The molecule has 0 saturated carbocycles. The van der Waals surface area contributed by atoms with Crippen molar-refractivity contribution in [2.75, 3.05) is 12.3 Å². The van der Waals surface area contributed by atoms with Gasteiger partial charge in [-0.25, -0.2) is 0 Å². The van der Waals surface area contributed by atoms with E-state index in [0.717, 1.165) is 17.3 Å². The zero-order valence-corrected chi connectivity index (χ0v) is 11.3. The van der Waals surface area contributed by atoms with Crippen molar-refractivity contribution in [1.29, 1.82) is 0 Å². The van der Waals surface area contributed by atoms with Gasteiger partial charge in [-0.3, -0.25) is 0 Å². The Morgan fingerprint density at radius 2 is 2.12 bits per heavy atom. The van der Waals surface area contributed by atoms with Crippen LogP contribution in [0.1, 0.15) is 39.4 Å². The second-order valence-electron chi connectivity index (χ2n) is 5.01. The molecule has 0 amide bonds. The van der Waals surface area contributed by atoms with Crippen LogP contribution in [0.25, 0.3) is 0 Å². The van der Waals surface area contributed by atoms with E-state index in [4.69, 9.17) is 10.3 Å². The Labute approximate surface area is 101 Å². The third-order valence-corrected chi connectivity index (χ3v) is 3.60. The van der Waals surface area contributed by atoms with E-state index in [-0.39, 0.29) is 5.41 Å². The van der Waals surface area contributed by atoms with Crippen LogP contribution in [0.15, 0.2) is 4.52 Å². The fraction of sp³-hybridized carbons (Fsp3) is 0.818. The van der Waals surface area contributed by atoms with E-state index in [1.807, 2.05) is 25.6 Å². The van der Waals surface area contributed by atoms with Crippen molar-refractivity contribution in [1.82, 2.24) is 10.1 Å². The van der Waals surface area contributed by atoms with E-state index in [9.17, 15) is 0 Å². The van der Waals surface area contributed by atoms with Crippen molar-refractivity contribution in [3.63, 3.8) is 0 Å². The summed E-state index contributed by atoms with van der Waals surface area (Å²) < 4.78 is 5.22. The van der Waals surface area contributed by atoms with Crippen molar-refractivity contribution in [2.45, 2.75) is 38.9 Å². The Morgan fingerprint density at radius 3 is 2.69 bits per heavy atom. The highest BCUT2D eigenvalue weighted by molar-refractivity contribution is 7.98. The number of hydrogen-bond donors (Lipinski definition) is 1. The van der Waals surface area contributed by atoms with Gasteiger partial charge in [-0.05, 0) is 25.5 Å². The minimum atomic E-state index is -0.228. The molecule has 0 aromatic carbocycles. The quantitative estimate of drug-likeness (QED) is 0.829. The van der Waals surface area contributed by atoms with Gasteiger partial charge in [0.1, 0.15) is 0 Å². The third-order valence-electron chi connectivity index (χ3n) is 2.24. The molecule has 0 fully saturated rings. The van der Waals surface area contributed by atoms with E-state index in [2.05, 4.69) is 24.0 Å². The Hall–Kier alpha value is -0.550. The largest absolute Gasteiger partial charge is 0.339 e. The molecule has 92 valence electrons. The lowest BCUT2D eigenvalue weighted by molar-refractivity contribution is 0.309. The Bertz CT molecular complexity index is 323. The number of thioether (sulfide) groups is 1. The molecule has 0 atom stereocenters. The van der Waals surface area contributed by atoms with Gasteiger partial charge in [-0.2, -0.15) is 16.7 Å². The lowest BCUT2D eigenvalue weighted by Gasteiger charge is -2.15. The normalized spacial score (nSPS) is 12.4. The van der Waals surface area contributed by atoms with Gasteiger partial charge >= 0.3 is 0 Å². The highest BCUT2D eigenvalue weighted by Gasteiger charge is 2.25. The highest BCUT2D eigenvalue weighted by atomic mass is 32.2. The third kappa shape index (κ3) is 3.79. The average Bonchev–Trinajstić information content (AvgIpc) is 2.66. The monoisotopic (exact) mass is 243 g/mol. The fourth-order valence-corrected chi connectivity index (χ4v) is 1.95. The summed E-state index contributed by atoms with van der Waals surface area (Å²) in [5.74, 6) is 4.01. The van der Waals surface area contributed by atoms with Gasteiger partial charge in [-0.15, -0.1) is 0 Å². The lowest BCUT2D eigenvalue weighted by Crippen LogP contribution is -2.28. The predicted molar refractivity (Wildman–Crippen MR) is 67.4 cm³/mol. The van der Waals surface area contributed by atoms with Crippen molar-refractivity contribution in [3.8, 4) is 0 Å². The second kappa shape index (κ2) is 5.68. The van der Waals surface area contributed by atoms with E-state index in [0.29, 0.717) is 18.4 Å². The summed E-state index contributed by atoms with van der Waals surface area (Å²) in [7, 11) is 0. The SMILES string of the molecule is CC(C)CSCc1noc(C(C)(C)CN)n1. The molecule has 0 aliphatic rings. The molecule has 0 aliphatic heterocycles. The first-order valence-electron chi connectivity index (χ1n) is 5.56. The molecule has 0 spiro atoms. The van der Waals surface area contributed by atoms with Crippen LogP contribution in [-0.2, 0) is 11.2 Å². The number of nitrogens with two attached hydrogens (primary N) is 1. The summed E-state index contributed by atoms with van der Waals surface area (Å²) in [6.45, 7) is 8.92. The van der Waals surface area contributed by atoms with Gasteiger partial charge in [0.25, 0.3) is 0 Å². The number of aromatic nitrogens is 2. The summed E-state index contributed by atoms with van der Waals surface area (Å²) >= 11 is 1.83. The molecule has 5 heteroatoms. The molecule has 4 nitrogen and oxygen atoms in total. The van der Waals surface area contributed by atoms with Gasteiger partial charge in [-0.1, -0.05) is 19.0 Å². The summed E-state index contributed by atoms with van der Waals surface area (Å²) in [5, 5.41) is 3.96. The highest BCUT2D eigenvalue weighted by Crippen LogP contribution is 2.21. The maximum atomic E-state index is 5.65. The molecular weight excluding hydrogens is 222 g/mol. The first kappa shape index (κ1) is 13.5. The Kier molecular flexibility index (Phi) is 4.80. The van der Waals surface area contributed by atoms with Crippen molar-refractivity contribution in [2.24, 2.45) is 11.7 Å². The lowest BCUT2D eigenvalue weighted by atomic mass is 9.94. The molecular formula is C11H21N3OS. The Balaban J connectivity index is 2.52. The van der Waals surface area contributed by atoms with Crippen LogP contribution in [0.5, 0.6) is 0 Å². The maximum absolute atomic E-state index is 5.65. The molecule has 2 N–H and O–H groups in total. The van der Waals surface area contributed by atoms with Crippen molar-refractivity contribution < 1.29 is 4.52 Å². The summed E-state index contributed by atoms with van der Waals surface area (Å²) in [6.07, 6.45) is 0. The van der Waals surface area contributed by atoms with Crippen LogP contribution < -0.4 is 5.73 Å². The van der Waals surface area contributed by atoms with E-state index in [1.54, 1.807) is 0 Å². The van der Waals surface area contributed by atoms with Gasteiger partial charge in [0, 0.05) is 6.54 Å². The maximum Gasteiger partial charge on any atom is 0.233 e. The van der Waals surface area contributed by atoms with Gasteiger partial charge < -0.3 is 10.3 Å². The van der Waals surface area contributed by atoms with Crippen LogP contribution >= 0.6 is 11.8 Å². The first-order valence-corrected chi connectivity index (χ1v) is 6.72. The van der Waals surface area contributed by atoms with E-state index < -0.39 is 0 Å². The summed E-state index contributed by atoms with van der Waals surface area (Å²) in [4.78, 5) is 4.37. The minimum absolute atomic E-state index is 0.228. The van der Waals surface area contributed by atoms with Crippen LogP contribution in [0.2, 0.25) is 0 Å². The smallest absolute Gasteiger partial charge is 0.233 e. The molecule has 16 heavy (non-hydrogen) atoms. The molecule has 1 aromatic heterocycles.